The van der Waals surface area contributed by atoms with Gasteiger partial charge in [-0.05, 0) is 107 Å². The summed E-state index contributed by atoms with van der Waals surface area (Å²) in [7, 11) is -8.14. The Morgan fingerprint density at radius 2 is 0.709 bits per heavy atom. The Morgan fingerprint density at radius 1 is 0.430 bits per heavy atom. The molecule has 0 spiro atoms. The highest BCUT2D eigenvalue weighted by Gasteiger charge is 2.40. The maximum Gasteiger partial charge on any atom is 0.508 e. The average molecular weight is 1320 g/mol. The van der Waals surface area contributed by atoms with E-state index in [4.69, 9.17) is 19.4 Å². The van der Waals surface area contributed by atoms with E-state index in [2.05, 4.69) is 123 Å². The van der Waals surface area contributed by atoms with E-state index in [0.29, 0.717) is 25.7 Å². The number of hydrogen-bond acceptors (Lipinski definition) is 9. The number of halogens is 2. The molecule has 2 aromatic heterocycles. The van der Waals surface area contributed by atoms with Crippen molar-refractivity contribution in [2.45, 2.75) is 74.9 Å². The van der Waals surface area contributed by atoms with E-state index in [1.54, 1.807) is 24.3 Å². The van der Waals surface area contributed by atoms with Crippen molar-refractivity contribution in [2.75, 3.05) is 11.5 Å². The van der Waals surface area contributed by atoms with Crippen molar-refractivity contribution in [2.24, 2.45) is 0 Å². The van der Waals surface area contributed by atoms with Crippen LogP contribution in [0.3, 0.4) is 0 Å². The van der Waals surface area contributed by atoms with Crippen molar-refractivity contribution < 1.29 is 31.1 Å². The van der Waals surface area contributed by atoms with Crippen LogP contribution in [0.1, 0.15) is 81.6 Å². The molecule has 440 valence electrons. The van der Waals surface area contributed by atoms with E-state index >= 15 is 0 Å². The summed E-state index contributed by atoms with van der Waals surface area (Å²) >= 11 is 6.87. The third-order valence-electron chi connectivity index (χ3n) is 15.3. The minimum Gasteiger partial charge on any atom is -0.430 e. The Labute approximate surface area is 520 Å². The van der Waals surface area contributed by atoms with Gasteiger partial charge in [-0.2, -0.15) is 0 Å². The van der Waals surface area contributed by atoms with Crippen LogP contribution in [0, 0.1) is 0 Å². The van der Waals surface area contributed by atoms with Crippen LogP contribution in [0.2, 0.25) is 0 Å². The molecule has 2 atom stereocenters. The van der Waals surface area contributed by atoms with Gasteiger partial charge in [0.25, 0.3) is 0 Å². The normalized spacial score (nSPS) is 12.8. The Hall–Kier alpha value is -7.77. The number of carbonyl (C=O) groups is 1. The third kappa shape index (κ3) is 15.2. The average Bonchev–Trinajstić information content (AvgIpc) is 1.78. The Bertz CT molecular complexity index is 3530. The molecule has 0 aliphatic heterocycles. The maximum absolute atomic E-state index is 14.2. The number of hydrogen-bond donors (Lipinski definition) is 2. The zero-order valence-corrected chi connectivity index (χ0v) is 52.0. The fraction of sp³-hybridized carbons (Fsp3) is 0.203. The first-order valence-corrected chi connectivity index (χ1v) is 33.4. The smallest absolute Gasteiger partial charge is 0.430 e. The minimum atomic E-state index is -4.07. The van der Waals surface area contributed by atoms with Gasteiger partial charge in [0.15, 0.2) is 0 Å². The maximum atomic E-state index is 14.2. The summed E-state index contributed by atoms with van der Waals surface area (Å²) in [5, 5.41) is 0. The van der Waals surface area contributed by atoms with Gasteiger partial charge < -0.3 is 18.6 Å². The largest absolute Gasteiger partial charge is 0.508 e. The first-order chi connectivity index (χ1) is 41.8. The van der Waals surface area contributed by atoms with Crippen LogP contribution in [0.5, 0.6) is 0 Å². The molecular formula is C69H66Br2N6O7S2. The molecule has 2 heterocycles. The minimum absolute atomic E-state index is 0.00733. The molecule has 0 aliphatic rings. The number of aromatic nitrogens is 4. The molecule has 0 saturated carbocycles. The lowest BCUT2D eigenvalue weighted by Gasteiger charge is -2.37. The summed E-state index contributed by atoms with van der Waals surface area (Å²) in [6, 6.07) is 76.1. The van der Waals surface area contributed by atoms with E-state index in [0.717, 1.165) is 64.8 Å². The predicted molar refractivity (Wildman–Crippen MR) is 344 cm³/mol. The number of carbonyl (C=O) groups excluding carboxylic acids is 1. The van der Waals surface area contributed by atoms with Gasteiger partial charge in [0, 0.05) is 34.4 Å². The van der Waals surface area contributed by atoms with Crippen LogP contribution in [0.25, 0.3) is 0 Å². The van der Waals surface area contributed by atoms with Crippen LogP contribution >= 0.6 is 31.9 Å². The number of nitrogens with one attached hydrogen (secondary N) is 2. The summed E-state index contributed by atoms with van der Waals surface area (Å²) in [5.41, 5.74) is 7.55. The second kappa shape index (κ2) is 28.6. The first kappa shape index (κ1) is 61.3. The number of ether oxygens (including phenoxy) is 2. The molecule has 0 fully saturated rings. The lowest BCUT2D eigenvalue weighted by molar-refractivity contribution is 0.00454. The van der Waals surface area contributed by atoms with Gasteiger partial charge in [0.1, 0.15) is 34.8 Å². The van der Waals surface area contributed by atoms with Crippen LogP contribution in [-0.2, 0) is 66.5 Å². The molecule has 2 N–H and O–H groups in total. The molecule has 0 bridgehead atoms. The molecule has 0 saturated heterocycles. The molecule has 0 aliphatic carbocycles. The van der Waals surface area contributed by atoms with Crippen LogP contribution in [0.15, 0.2) is 265 Å². The molecule has 13 nitrogen and oxygen atoms in total. The van der Waals surface area contributed by atoms with E-state index < -0.39 is 61.0 Å². The summed E-state index contributed by atoms with van der Waals surface area (Å²) in [5.74, 6) is -1.16. The molecule has 10 aromatic rings. The van der Waals surface area contributed by atoms with Gasteiger partial charge in [-0.3, -0.25) is 0 Å². The van der Waals surface area contributed by atoms with Gasteiger partial charge in [-0.15, -0.1) is 0 Å². The van der Waals surface area contributed by atoms with Gasteiger partial charge in [-0.1, -0.05) is 238 Å². The van der Waals surface area contributed by atoms with Crippen LogP contribution < -0.4 is 9.44 Å². The topological polar surface area (TPSA) is 164 Å². The van der Waals surface area contributed by atoms with Gasteiger partial charge in [0.2, 0.25) is 20.0 Å². The second-order valence-corrected chi connectivity index (χ2v) is 26.7. The monoisotopic (exact) mass is 1310 g/mol. The van der Waals surface area contributed by atoms with Crippen molar-refractivity contribution in [3.05, 3.63) is 320 Å². The first-order valence-electron chi connectivity index (χ1n) is 28.5. The zero-order valence-electron chi connectivity index (χ0n) is 47.2. The van der Waals surface area contributed by atoms with E-state index in [1.165, 1.54) is 0 Å². The Kier molecular flexibility index (Phi) is 20.4. The number of nitrogens with zero attached hydrogens (tertiary/aromatic N) is 4. The van der Waals surface area contributed by atoms with Crippen molar-refractivity contribution in [1.29, 1.82) is 0 Å². The second-order valence-electron chi connectivity index (χ2n) is 21.1. The van der Waals surface area contributed by atoms with Crippen molar-refractivity contribution in [3.8, 4) is 0 Å². The number of sulfonamides is 2. The highest BCUT2D eigenvalue weighted by atomic mass is 79.9. The standard InChI is InChI=1S/C69H66Br2N6O7S2/c70-61-41-37-53(38-42-61)45-74-85(79,80)49-65(35-19-33-63-47-76(51-72-63)68(55-21-7-1-8-22-55,56-23-9-2-10-24-56)57-25-11-3-12-26-57)83-67(78)84-66(50-86(81,82)75-46-54-39-43-62(71)44-40-54)36-20-34-64-48-77(52-73-64)69(58-27-13-4-14-28-58,59-29-15-5-16-30-59)60-31-17-6-18-32-60/h1-18,21-32,37-44,47-48,51-52,65-66,74-75H,19-20,33-36,45-46,49-50H2. The zero-order chi connectivity index (χ0) is 59.8. The number of rotatable bonds is 28. The van der Waals surface area contributed by atoms with E-state index in [-0.39, 0.29) is 25.9 Å². The molecular weight excluding hydrogens is 1250 g/mol. The molecule has 10 rings (SSSR count). The molecule has 0 radical (unpaired) electrons. The van der Waals surface area contributed by atoms with Crippen molar-refractivity contribution in [3.63, 3.8) is 0 Å². The number of benzene rings is 8. The molecule has 0 amide bonds. The third-order valence-corrected chi connectivity index (χ3v) is 19.1. The van der Waals surface area contributed by atoms with Crippen molar-refractivity contribution in [1.82, 2.24) is 28.5 Å². The van der Waals surface area contributed by atoms with E-state index in [1.807, 2.05) is 159 Å². The fourth-order valence-electron chi connectivity index (χ4n) is 11.2. The molecule has 8 aromatic carbocycles. The van der Waals surface area contributed by atoms with Gasteiger partial charge >= 0.3 is 6.16 Å². The highest BCUT2D eigenvalue weighted by Crippen LogP contribution is 2.42. The summed E-state index contributed by atoms with van der Waals surface area (Å²) < 4.78 is 79.0. The Balaban J connectivity index is 0.891. The lowest BCUT2D eigenvalue weighted by atomic mass is 9.77. The number of imidazole rings is 2. The fourth-order valence-corrected chi connectivity index (χ4v) is 14.2. The lowest BCUT2D eigenvalue weighted by Crippen LogP contribution is -2.37. The van der Waals surface area contributed by atoms with Gasteiger partial charge in [-0.25, -0.2) is 41.0 Å². The molecule has 2 unspecified atom stereocenters. The molecule has 86 heavy (non-hydrogen) atoms. The van der Waals surface area contributed by atoms with E-state index in [9.17, 15) is 21.6 Å². The summed E-state index contributed by atoms with van der Waals surface area (Å²) in [6.07, 6.45) is 5.89. The van der Waals surface area contributed by atoms with Gasteiger partial charge in [0.05, 0.1) is 24.0 Å². The highest BCUT2D eigenvalue weighted by molar-refractivity contribution is 9.10. The SMILES string of the molecule is O=C(OC(CCCc1cn(C(c2ccccc2)(c2ccccc2)c2ccccc2)cn1)CS(=O)(=O)NCc1ccc(Br)cc1)OC(CCCc1cn(C(c2ccccc2)(c2ccccc2)c2ccccc2)cn1)CS(=O)(=O)NCc1ccc(Br)cc1. The summed E-state index contributed by atoms with van der Waals surface area (Å²) in [4.78, 5) is 24.1. The summed E-state index contributed by atoms with van der Waals surface area (Å²) in [6.45, 7) is 0.0147. The van der Waals surface area contributed by atoms with Crippen LogP contribution in [-0.4, -0.2) is 65.8 Å². The Morgan fingerprint density at radius 3 is 0.988 bits per heavy atom. The number of aryl methyl sites for hydroxylation is 2. The van der Waals surface area contributed by atoms with Crippen molar-refractivity contribution >= 4 is 58.1 Å². The quantitative estimate of drug-likeness (QED) is 0.0359. The molecule has 17 heteroatoms. The van der Waals surface area contributed by atoms with Crippen LogP contribution in [0.4, 0.5) is 4.79 Å². The predicted octanol–water partition coefficient (Wildman–Crippen LogP) is 13.8.